The average Bonchev–Trinajstić information content (AvgIpc) is 2.74. The molecule has 4 heteroatoms. The molecule has 1 N–H and O–H groups in total. The highest BCUT2D eigenvalue weighted by Gasteiger charge is 2.20. The van der Waals surface area contributed by atoms with E-state index in [1.807, 2.05) is 18.2 Å². The fourth-order valence-corrected chi connectivity index (χ4v) is 4.15. The maximum Gasteiger partial charge on any atom is 0.251 e. The number of carbonyl (C=O) groups is 1. The second-order valence-corrected chi connectivity index (χ2v) is 7.57. The van der Waals surface area contributed by atoms with E-state index in [0.717, 1.165) is 38.2 Å². The number of hydrogen-bond donors (Lipinski definition) is 1. The van der Waals surface area contributed by atoms with Crippen LogP contribution in [0.5, 0.6) is 0 Å². The Bertz CT molecular complexity index is 767. The lowest BCUT2D eigenvalue weighted by atomic mass is 9.89. The molecule has 27 heavy (non-hydrogen) atoms. The molecule has 4 nitrogen and oxygen atoms in total. The van der Waals surface area contributed by atoms with Gasteiger partial charge in [-0.2, -0.15) is 0 Å². The van der Waals surface area contributed by atoms with Crippen LogP contribution in [0.3, 0.4) is 0 Å². The third kappa shape index (κ3) is 4.57. The monoisotopic (exact) mass is 364 g/mol. The van der Waals surface area contributed by atoms with Crippen molar-refractivity contribution in [2.45, 2.75) is 31.8 Å². The van der Waals surface area contributed by atoms with Crippen LogP contribution in [0.15, 0.2) is 48.5 Å². The lowest BCUT2D eigenvalue weighted by molar-refractivity contribution is 0.0943. The molecule has 2 heterocycles. The third-order valence-electron chi connectivity index (χ3n) is 5.81. The number of nitrogens with one attached hydrogen (secondary N) is 1. The van der Waals surface area contributed by atoms with E-state index in [9.17, 15) is 4.79 Å². The maximum atomic E-state index is 12.4. The molecule has 1 fully saturated rings. The highest BCUT2D eigenvalue weighted by atomic mass is 16.5. The van der Waals surface area contributed by atoms with Crippen molar-refractivity contribution in [2.24, 2.45) is 0 Å². The molecule has 0 saturated carbocycles. The van der Waals surface area contributed by atoms with Gasteiger partial charge in [0.15, 0.2) is 0 Å². The zero-order chi connectivity index (χ0) is 18.5. The van der Waals surface area contributed by atoms with Crippen molar-refractivity contribution < 1.29 is 9.53 Å². The Morgan fingerprint density at radius 3 is 2.70 bits per heavy atom. The molecule has 142 valence electrons. The Morgan fingerprint density at radius 2 is 1.89 bits per heavy atom. The van der Waals surface area contributed by atoms with Crippen LogP contribution in [0.25, 0.3) is 0 Å². The molecule has 0 atom stereocenters. The summed E-state index contributed by atoms with van der Waals surface area (Å²) in [6.45, 7) is 5.25. The standard InChI is InChI=1S/C23H28N2O2/c26-23(21-6-7-22-17-27-15-10-20(22)16-21)24-11-14-25-12-8-19(9-13-25)18-4-2-1-3-5-18/h1-7,16,19H,8-15,17H2,(H,24,26). The molecule has 1 amide bonds. The summed E-state index contributed by atoms with van der Waals surface area (Å²) < 4.78 is 5.46. The predicted octanol–water partition coefficient (Wildman–Crippen LogP) is 3.37. The highest BCUT2D eigenvalue weighted by Crippen LogP contribution is 2.27. The minimum Gasteiger partial charge on any atom is -0.376 e. The number of nitrogens with zero attached hydrogens (tertiary/aromatic N) is 1. The predicted molar refractivity (Wildman–Crippen MR) is 107 cm³/mol. The Labute approximate surface area is 161 Å². The molecule has 2 aliphatic heterocycles. The van der Waals surface area contributed by atoms with E-state index in [4.69, 9.17) is 4.74 Å². The third-order valence-corrected chi connectivity index (χ3v) is 5.81. The van der Waals surface area contributed by atoms with Gasteiger partial charge < -0.3 is 15.0 Å². The van der Waals surface area contributed by atoms with E-state index >= 15 is 0 Å². The quantitative estimate of drug-likeness (QED) is 0.884. The zero-order valence-electron chi connectivity index (χ0n) is 15.8. The number of piperidine rings is 1. The van der Waals surface area contributed by atoms with Gasteiger partial charge in [0.2, 0.25) is 0 Å². The van der Waals surface area contributed by atoms with E-state index in [0.29, 0.717) is 19.1 Å². The van der Waals surface area contributed by atoms with Gasteiger partial charge in [-0.05, 0) is 67.1 Å². The summed E-state index contributed by atoms with van der Waals surface area (Å²) >= 11 is 0. The minimum atomic E-state index is 0.0310. The molecule has 0 spiro atoms. The summed E-state index contributed by atoms with van der Waals surface area (Å²) in [5.74, 6) is 0.708. The van der Waals surface area contributed by atoms with Gasteiger partial charge in [-0.1, -0.05) is 36.4 Å². The van der Waals surface area contributed by atoms with E-state index in [2.05, 4.69) is 40.5 Å². The van der Waals surface area contributed by atoms with Gasteiger partial charge >= 0.3 is 0 Å². The Kier molecular flexibility index (Phi) is 5.85. The van der Waals surface area contributed by atoms with Crippen LogP contribution in [-0.4, -0.2) is 43.6 Å². The van der Waals surface area contributed by atoms with Gasteiger partial charge in [0, 0.05) is 18.7 Å². The zero-order valence-corrected chi connectivity index (χ0v) is 15.8. The SMILES string of the molecule is O=C(NCCN1CCC(c2ccccc2)CC1)c1ccc2c(c1)CCOC2. The molecule has 1 saturated heterocycles. The van der Waals surface area contributed by atoms with Crippen molar-refractivity contribution in [1.29, 1.82) is 0 Å². The van der Waals surface area contributed by atoms with Crippen LogP contribution in [0, 0.1) is 0 Å². The summed E-state index contributed by atoms with van der Waals surface area (Å²) in [5.41, 5.74) is 4.68. The van der Waals surface area contributed by atoms with Crippen LogP contribution < -0.4 is 5.32 Å². The van der Waals surface area contributed by atoms with Crippen molar-refractivity contribution >= 4 is 5.91 Å². The largest absolute Gasteiger partial charge is 0.376 e. The molecular weight excluding hydrogens is 336 g/mol. The molecule has 2 aromatic rings. The van der Waals surface area contributed by atoms with Crippen molar-refractivity contribution in [2.75, 3.05) is 32.8 Å². The smallest absolute Gasteiger partial charge is 0.251 e. The number of hydrogen-bond acceptors (Lipinski definition) is 3. The van der Waals surface area contributed by atoms with Crippen molar-refractivity contribution in [3.8, 4) is 0 Å². The molecule has 4 rings (SSSR count). The number of rotatable bonds is 5. The topological polar surface area (TPSA) is 41.6 Å². The molecule has 0 aromatic heterocycles. The van der Waals surface area contributed by atoms with Crippen LogP contribution in [-0.2, 0) is 17.8 Å². The summed E-state index contributed by atoms with van der Waals surface area (Å²) in [7, 11) is 0. The van der Waals surface area contributed by atoms with E-state index in [1.165, 1.54) is 29.5 Å². The van der Waals surface area contributed by atoms with E-state index in [-0.39, 0.29) is 5.91 Å². The number of amides is 1. The van der Waals surface area contributed by atoms with Crippen molar-refractivity contribution in [3.05, 3.63) is 70.8 Å². The molecule has 0 bridgehead atoms. The van der Waals surface area contributed by atoms with Gasteiger partial charge in [0.25, 0.3) is 5.91 Å². The van der Waals surface area contributed by atoms with E-state index in [1.54, 1.807) is 0 Å². The van der Waals surface area contributed by atoms with Gasteiger partial charge in [0.1, 0.15) is 0 Å². The van der Waals surface area contributed by atoms with Gasteiger partial charge in [-0.3, -0.25) is 4.79 Å². The lowest BCUT2D eigenvalue weighted by Crippen LogP contribution is -2.39. The van der Waals surface area contributed by atoms with Gasteiger partial charge in [-0.15, -0.1) is 0 Å². The second-order valence-electron chi connectivity index (χ2n) is 7.57. The van der Waals surface area contributed by atoms with E-state index < -0.39 is 0 Å². The Hall–Kier alpha value is -2.17. The number of benzene rings is 2. The molecule has 2 aromatic carbocycles. The summed E-state index contributed by atoms with van der Waals surface area (Å²) in [4.78, 5) is 14.9. The Balaban J connectivity index is 1.22. The normalized spacial score (nSPS) is 18.1. The first-order chi connectivity index (χ1) is 13.3. The number of fused-ring (bicyclic) bond motifs is 1. The lowest BCUT2D eigenvalue weighted by Gasteiger charge is -2.32. The van der Waals surface area contributed by atoms with Crippen LogP contribution >= 0.6 is 0 Å². The first kappa shape index (κ1) is 18.2. The van der Waals surface area contributed by atoms with Crippen LogP contribution in [0.2, 0.25) is 0 Å². The molecular formula is C23H28N2O2. The van der Waals surface area contributed by atoms with Crippen LogP contribution in [0.4, 0.5) is 0 Å². The van der Waals surface area contributed by atoms with Gasteiger partial charge in [0.05, 0.1) is 13.2 Å². The molecule has 0 radical (unpaired) electrons. The summed E-state index contributed by atoms with van der Waals surface area (Å²) in [5, 5.41) is 3.08. The first-order valence-corrected chi connectivity index (χ1v) is 10.0. The highest BCUT2D eigenvalue weighted by molar-refractivity contribution is 5.94. The second kappa shape index (κ2) is 8.68. The number of ether oxygens (including phenoxy) is 1. The molecule has 0 unspecified atom stereocenters. The summed E-state index contributed by atoms with van der Waals surface area (Å²) in [6, 6.07) is 16.8. The molecule has 0 aliphatic carbocycles. The Morgan fingerprint density at radius 1 is 1.07 bits per heavy atom. The summed E-state index contributed by atoms with van der Waals surface area (Å²) in [6.07, 6.45) is 3.29. The fourth-order valence-electron chi connectivity index (χ4n) is 4.15. The van der Waals surface area contributed by atoms with Crippen LogP contribution in [0.1, 0.15) is 45.8 Å². The van der Waals surface area contributed by atoms with Crippen molar-refractivity contribution in [3.63, 3.8) is 0 Å². The average molecular weight is 364 g/mol. The van der Waals surface area contributed by atoms with Crippen molar-refractivity contribution in [1.82, 2.24) is 10.2 Å². The maximum absolute atomic E-state index is 12.4. The minimum absolute atomic E-state index is 0.0310. The fraction of sp³-hybridized carbons (Fsp3) is 0.435. The number of carbonyl (C=O) groups excluding carboxylic acids is 1. The molecule has 2 aliphatic rings. The number of likely N-dealkylation sites (tertiary alicyclic amines) is 1. The first-order valence-electron chi connectivity index (χ1n) is 10.0. The van der Waals surface area contributed by atoms with Gasteiger partial charge in [-0.25, -0.2) is 0 Å².